The third kappa shape index (κ3) is 6.85. The van der Waals surface area contributed by atoms with Crippen molar-refractivity contribution in [2.75, 3.05) is 13.7 Å². The van der Waals surface area contributed by atoms with Crippen molar-refractivity contribution >= 4 is 14.3 Å². The van der Waals surface area contributed by atoms with Gasteiger partial charge in [0.15, 0.2) is 14.1 Å². The molecule has 0 aromatic carbocycles. The molecule has 0 spiro atoms. The largest absolute Gasteiger partial charge is 0.466 e. The molecule has 0 aromatic rings. The number of aliphatic hydroxyl groups is 1. The fourth-order valence-corrected chi connectivity index (χ4v) is 7.48. The van der Waals surface area contributed by atoms with Crippen LogP contribution in [0.5, 0.6) is 0 Å². The molecule has 31 heavy (non-hydrogen) atoms. The Morgan fingerprint density at radius 2 is 1.87 bits per heavy atom. The predicted octanol–water partition coefficient (Wildman–Crippen LogP) is 3.80. The molecular formula is C23H42O7Si. The van der Waals surface area contributed by atoms with Crippen LogP contribution in [0, 0.1) is 5.92 Å². The molecule has 7 nitrogen and oxygen atoms in total. The van der Waals surface area contributed by atoms with Gasteiger partial charge in [0.1, 0.15) is 0 Å². The van der Waals surface area contributed by atoms with E-state index < -0.39 is 26.2 Å². The average Bonchev–Trinajstić information content (AvgIpc) is 2.90. The Morgan fingerprint density at radius 1 is 1.23 bits per heavy atom. The molecule has 0 saturated carbocycles. The van der Waals surface area contributed by atoms with E-state index in [0.29, 0.717) is 13.0 Å². The van der Waals surface area contributed by atoms with Crippen molar-refractivity contribution < 1.29 is 33.3 Å². The molecule has 180 valence electrons. The average molecular weight is 459 g/mol. The lowest BCUT2D eigenvalue weighted by atomic mass is 9.87. The van der Waals surface area contributed by atoms with E-state index >= 15 is 0 Å². The standard InChI is InChI=1S/C23H42O7Si/c1-8-31(9-2,10-3)30-20-15-19-18(13-14-27-23(5,6)29-19)28-22(20)16(4)17(24)11-12-21(25)26-7/h11-12,16-20,22,24H,8-10,13-15H2,1-7H3/b12-11+/t16-,17+,18-,19-,20+,22+/m1/s1. The van der Waals surface area contributed by atoms with Gasteiger partial charge in [-0.1, -0.05) is 27.7 Å². The van der Waals surface area contributed by atoms with Gasteiger partial charge in [-0.15, -0.1) is 0 Å². The van der Waals surface area contributed by atoms with Gasteiger partial charge in [0.05, 0.1) is 44.2 Å². The van der Waals surface area contributed by atoms with Crippen molar-refractivity contribution in [1.29, 1.82) is 0 Å². The predicted molar refractivity (Wildman–Crippen MR) is 121 cm³/mol. The second-order valence-corrected chi connectivity index (χ2v) is 13.9. The highest BCUT2D eigenvalue weighted by atomic mass is 28.4. The van der Waals surface area contributed by atoms with Crippen molar-refractivity contribution in [3.05, 3.63) is 12.2 Å². The van der Waals surface area contributed by atoms with Crippen molar-refractivity contribution in [2.45, 2.75) is 109 Å². The number of aliphatic hydroxyl groups excluding tert-OH is 1. The molecule has 0 aliphatic carbocycles. The maximum atomic E-state index is 11.5. The van der Waals surface area contributed by atoms with E-state index in [1.807, 2.05) is 20.8 Å². The van der Waals surface area contributed by atoms with Crippen LogP contribution in [0.25, 0.3) is 0 Å². The van der Waals surface area contributed by atoms with Gasteiger partial charge < -0.3 is 28.5 Å². The zero-order valence-electron chi connectivity index (χ0n) is 20.3. The molecule has 2 rings (SSSR count). The first-order chi connectivity index (χ1) is 14.6. The zero-order valence-corrected chi connectivity index (χ0v) is 21.3. The summed E-state index contributed by atoms with van der Waals surface area (Å²) in [4.78, 5) is 11.5. The number of hydrogen-bond donors (Lipinski definition) is 1. The van der Waals surface area contributed by atoms with E-state index in [0.717, 1.165) is 24.6 Å². The first kappa shape index (κ1) is 26.5. The summed E-state index contributed by atoms with van der Waals surface area (Å²) in [6, 6.07) is 3.10. The highest BCUT2D eigenvalue weighted by molar-refractivity contribution is 6.73. The number of hydrogen-bond acceptors (Lipinski definition) is 7. The van der Waals surface area contributed by atoms with Crippen LogP contribution in [-0.2, 0) is 28.2 Å². The van der Waals surface area contributed by atoms with Crippen molar-refractivity contribution in [3.63, 3.8) is 0 Å². The van der Waals surface area contributed by atoms with E-state index in [1.165, 1.54) is 19.3 Å². The first-order valence-electron chi connectivity index (χ1n) is 11.7. The van der Waals surface area contributed by atoms with Crippen LogP contribution in [0.2, 0.25) is 18.1 Å². The minimum absolute atomic E-state index is 0.119. The summed E-state index contributed by atoms with van der Waals surface area (Å²) in [6.07, 6.45) is 2.59. The van der Waals surface area contributed by atoms with Gasteiger partial charge in [0.2, 0.25) is 0 Å². The second kappa shape index (κ2) is 11.4. The van der Waals surface area contributed by atoms with Crippen LogP contribution in [0.4, 0.5) is 0 Å². The number of esters is 1. The lowest BCUT2D eigenvalue weighted by Crippen LogP contribution is -2.57. The Kier molecular flexibility index (Phi) is 9.72. The van der Waals surface area contributed by atoms with Crippen LogP contribution in [0.3, 0.4) is 0 Å². The molecule has 2 saturated heterocycles. The normalized spacial score (nSPS) is 31.0. The van der Waals surface area contributed by atoms with Crippen molar-refractivity contribution in [2.24, 2.45) is 5.92 Å². The Morgan fingerprint density at radius 3 is 2.45 bits per heavy atom. The summed E-state index contributed by atoms with van der Waals surface area (Å²) in [7, 11) is -0.599. The van der Waals surface area contributed by atoms with Crippen LogP contribution in [0.1, 0.15) is 54.4 Å². The van der Waals surface area contributed by atoms with E-state index in [9.17, 15) is 9.90 Å². The van der Waals surface area contributed by atoms with E-state index in [1.54, 1.807) is 0 Å². The van der Waals surface area contributed by atoms with Gasteiger partial charge in [-0.25, -0.2) is 4.79 Å². The fourth-order valence-electron chi connectivity index (χ4n) is 4.60. The minimum atomic E-state index is -1.91. The van der Waals surface area contributed by atoms with E-state index in [-0.39, 0.29) is 30.3 Å². The number of fused-ring (bicyclic) bond motifs is 1. The molecule has 8 heteroatoms. The van der Waals surface area contributed by atoms with Gasteiger partial charge in [-0.3, -0.25) is 0 Å². The maximum Gasteiger partial charge on any atom is 0.330 e. The van der Waals surface area contributed by atoms with Gasteiger partial charge in [-0.05, 0) is 44.5 Å². The van der Waals surface area contributed by atoms with Crippen LogP contribution in [0.15, 0.2) is 12.2 Å². The molecule has 0 bridgehead atoms. The maximum absolute atomic E-state index is 11.5. The highest BCUT2D eigenvalue weighted by Gasteiger charge is 2.48. The molecule has 0 unspecified atom stereocenters. The van der Waals surface area contributed by atoms with Crippen LogP contribution < -0.4 is 0 Å². The Labute approximate surface area is 188 Å². The summed E-state index contributed by atoms with van der Waals surface area (Å²) in [5, 5.41) is 10.8. The number of methoxy groups -OCH3 is 1. The molecule has 0 radical (unpaired) electrons. The molecule has 1 N–H and O–H groups in total. The van der Waals surface area contributed by atoms with E-state index in [2.05, 4.69) is 25.5 Å². The lowest BCUT2D eigenvalue weighted by molar-refractivity contribution is -0.261. The molecule has 2 aliphatic rings. The molecule has 2 heterocycles. The monoisotopic (exact) mass is 458 g/mol. The summed E-state index contributed by atoms with van der Waals surface area (Å²) >= 11 is 0. The zero-order chi connectivity index (χ0) is 23.2. The molecule has 2 aliphatic heterocycles. The summed E-state index contributed by atoms with van der Waals surface area (Å²) in [6.45, 7) is 13.0. The highest BCUT2D eigenvalue weighted by Crippen LogP contribution is 2.38. The Bertz CT molecular complexity index is 596. The lowest BCUT2D eigenvalue weighted by Gasteiger charge is -2.47. The van der Waals surface area contributed by atoms with Crippen molar-refractivity contribution in [1.82, 2.24) is 0 Å². The van der Waals surface area contributed by atoms with Crippen LogP contribution >= 0.6 is 0 Å². The summed E-state index contributed by atoms with van der Waals surface area (Å²) in [5.74, 6) is -1.42. The van der Waals surface area contributed by atoms with Gasteiger partial charge >= 0.3 is 5.97 Å². The van der Waals surface area contributed by atoms with Gasteiger partial charge in [0, 0.05) is 18.4 Å². The third-order valence-corrected chi connectivity index (χ3v) is 11.6. The quantitative estimate of drug-likeness (QED) is 0.320. The van der Waals surface area contributed by atoms with Gasteiger partial charge in [0.25, 0.3) is 0 Å². The Hall–Kier alpha value is -0.773. The summed E-state index contributed by atoms with van der Waals surface area (Å²) in [5.41, 5.74) is 0. The number of carbonyl (C=O) groups excluding carboxylic acids is 1. The smallest absolute Gasteiger partial charge is 0.330 e. The van der Waals surface area contributed by atoms with Crippen molar-refractivity contribution in [3.8, 4) is 0 Å². The number of carbonyl (C=O) groups is 1. The molecular weight excluding hydrogens is 416 g/mol. The SMILES string of the molecule is CC[Si](CC)(CC)O[C@H]1C[C@H]2OC(C)(C)OCC[C@H]2O[C@H]1[C@H](C)[C@@H](O)/C=C/C(=O)OC. The number of rotatable bonds is 9. The second-order valence-electron chi connectivity index (χ2n) is 9.20. The van der Waals surface area contributed by atoms with E-state index in [4.69, 9.17) is 18.6 Å². The van der Waals surface area contributed by atoms with Crippen LogP contribution in [-0.4, -0.2) is 69.4 Å². The number of ether oxygens (including phenoxy) is 4. The van der Waals surface area contributed by atoms with Gasteiger partial charge in [-0.2, -0.15) is 0 Å². The first-order valence-corrected chi connectivity index (χ1v) is 14.2. The molecule has 6 atom stereocenters. The molecule has 0 aromatic heterocycles. The third-order valence-electron chi connectivity index (χ3n) is 6.89. The topological polar surface area (TPSA) is 83.5 Å². The molecule has 2 fully saturated rings. The Balaban J connectivity index is 2.28. The molecule has 0 amide bonds. The minimum Gasteiger partial charge on any atom is -0.466 e. The fraction of sp³-hybridized carbons (Fsp3) is 0.870. The summed E-state index contributed by atoms with van der Waals surface area (Å²) < 4.78 is 30.2.